The van der Waals surface area contributed by atoms with Crippen LogP contribution >= 0.6 is 15.8 Å². The first-order valence-electron chi connectivity index (χ1n) is 13.7. The zero-order valence-corrected chi connectivity index (χ0v) is 25.0. The molecule has 0 bridgehead atoms. The SMILES string of the molecule is CC1(C)CCCCC(C)(C)P1c1ccccc1-c1ccccc1P1C(C)(C)CCCCC1(C)C. The first-order valence-corrected chi connectivity index (χ1v) is 16.3. The van der Waals surface area contributed by atoms with Gasteiger partial charge in [0.1, 0.15) is 0 Å². The van der Waals surface area contributed by atoms with Crippen molar-refractivity contribution in [1.82, 2.24) is 0 Å². The normalized spacial score (nSPS) is 24.8. The lowest BCUT2D eigenvalue weighted by Gasteiger charge is -2.46. The van der Waals surface area contributed by atoms with Gasteiger partial charge in [-0.1, -0.05) is 145 Å². The molecule has 2 saturated heterocycles. The summed E-state index contributed by atoms with van der Waals surface area (Å²) < 4.78 is 0. The first-order chi connectivity index (χ1) is 15.9. The minimum atomic E-state index is -0.300. The summed E-state index contributed by atoms with van der Waals surface area (Å²) in [4.78, 5) is 0. The molecule has 2 heteroatoms. The molecule has 2 heterocycles. The Balaban J connectivity index is 1.93. The van der Waals surface area contributed by atoms with E-state index in [1.807, 2.05) is 0 Å². The van der Waals surface area contributed by atoms with E-state index in [1.165, 1.54) is 62.5 Å². The van der Waals surface area contributed by atoms with Gasteiger partial charge in [0.25, 0.3) is 0 Å². The molecule has 2 aliphatic rings. The van der Waals surface area contributed by atoms with Crippen LogP contribution in [0.15, 0.2) is 48.5 Å². The summed E-state index contributed by atoms with van der Waals surface area (Å²) in [6.07, 6.45) is 10.9. The fourth-order valence-corrected chi connectivity index (χ4v) is 16.2. The zero-order chi connectivity index (χ0) is 24.8. The van der Waals surface area contributed by atoms with E-state index < -0.39 is 0 Å². The summed E-state index contributed by atoms with van der Waals surface area (Å²) >= 11 is 0. The Bertz CT molecular complexity index is 880. The lowest BCUT2D eigenvalue weighted by molar-refractivity contribution is 0.563. The van der Waals surface area contributed by atoms with Crippen molar-refractivity contribution in [2.75, 3.05) is 0 Å². The van der Waals surface area contributed by atoms with Crippen molar-refractivity contribution in [3.8, 4) is 11.1 Å². The Morgan fingerprint density at radius 3 is 1.00 bits per heavy atom. The molecule has 2 aromatic rings. The van der Waals surface area contributed by atoms with Gasteiger partial charge in [-0.2, -0.15) is 0 Å². The molecule has 0 spiro atoms. The summed E-state index contributed by atoms with van der Waals surface area (Å²) in [5, 5.41) is 4.78. The maximum absolute atomic E-state index is 2.57. The van der Waals surface area contributed by atoms with Crippen molar-refractivity contribution in [2.45, 2.75) is 127 Å². The van der Waals surface area contributed by atoms with E-state index in [9.17, 15) is 0 Å². The Hall–Kier alpha value is -0.700. The van der Waals surface area contributed by atoms with Crippen molar-refractivity contribution >= 4 is 26.5 Å². The van der Waals surface area contributed by atoms with Crippen molar-refractivity contribution < 1.29 is 0 Å². The van der Waals surface area contributed by atoms with Crippen LogP contribution in [0.4, 0.5) is 0 Å². The first kappa shape index (κ1) is 26.4. The standard InChI is InChI=1S/C32H48P2/c1-29(2)21-13-14-22-30(3,4)33(29)27-19-11-9-17-25(27)26-18-10-12-20-28(26)34-31(5,6)23-15-16-24-32(34,7)8/h9-12,17-20H,13-16,21-24H2,1-8H3. The third kappa shape index (κ3) is 5.07. The van der Waals surface area contributed by atoms with Crippen molar-refractivity contribution in [3.05, 3.63) is 48.5 Å². The summed E-state index contributed by atoms with van der Waals surface area (Å²) in [6.45, 7) is 20.5. The summed E-state index contributed by atoms with van der Waals surface area (Å²) in [6, 6.07) is 19.1. The van der Waals surface area contributed by atoms with E-state index in [4.69, 9.17) is 0 Å². The molecule has 186 valence electrons. The third-order valence-electron chi connectivity index (χ3n) is 8.66. The van der Waals surface area contributed by atoms with E-state index in [2.05, 4.69) is 104 Å². The van der Waals surface area contributed by atoms with Gasteiger partial charge in [-0.15, -0.1) is 0 Å². The summed E-state index contributed by atoms with van der Waals surface area (Å²) in [7, 11) is -0.600. The minimum absolute atomic E-state index is 0.300. The van der Waals surface area contributed by atoms with E-state index >= 15 is 0 Å². The number of hydrogen-bond acceptors (Lipinski definition) is 0. The molecule has 2 aliphatic heterocycles. The molecule has 0 atom stereocenters. The van der Waals surface area contributed by atoms with Gasteiger partial charge in [0, 0.05) is 0 Å². The Morgan fingerprint density at radius 2 is 0.706 bits per heavy atom. The van der Waals surface area contributed by atoms with Gasteiger partial charge in [0.2, 0.25) is 0 Å². The molecular formula is C32H48P2. The van der Waals surface area contributed by atoms with Gasteiger partial charge in [-0.3, -0.25) is 0 Å². The average molecular weight is 495 g/mol. The molecule has 2 fully saturated rings. The predicted molar refractivity (Wildman–Crippen MR) is 158 cm³/mol. The van der Waals surface area contributed by atoms with Crippen molar-refractivity contribution in [2.24, 2.45) is 0 Å². The van der Waals surface area contributed by atoms with Crippen LogP contribution in [0.1, 0.15) is 107 Å². The average Bonchev–Trinajstić information content (AvgIpc) is 2.92. The van der Waals surface area contributed by atoms with E-state index in [1.54, 1.807) is 10.6 Å². The van der Waals surface area contributed by atoms with Gasteiger partial charge in [-0.25, -0.2) is 0 Å². The molecule has 0 unspecified atom stereocenters. The number of benzene rings is 2. The highest BCUT2D eigenvalue weighted by molar-refractivity contribution is 7.69. The van der Waals surface area contributed by atoms with Crippen LogP contribution in [0.2, 0.25) is 0 Å². The van der Waals surface area contributed by atoms with Crippen LogP contribution in [-0.2, 0) is 0 Å². The summed E-state index contributed by atoms with van der Waals surface area (Å²) in [5.74, 6) is 0. The second-order valence-corrected chi connectivity index (χ2v) is 20.5. The van der Waals surface area contributed by atoms with Crippen LogP contribution in [-0.4, -0.2) is 20.6 Å². The lowest BCUT2D eigenvalue weighted by atomic mass is 10.0. The van der Waals surface area contributed by atoms with Gasteiger partial charge in [0.15, 0.2) is 0 Å². The Labute approximate surface area is 213 Å². The lowest BCUT2D eigenvalue weighted by Crippen LogP contribution is -2.36. The predicted octanol–water partition coefficient (Wildman–Crippen LogP) is 9.83. The maximum Gasteiger partial charge on any atom is -0.0100 e. The van der Waals surface area contributed by atoms with Crippen molar-refractivity contribution in [3.63, 3.8) is 0 Å². The highest BCUT2D eigenvalue weighted by atomic mass is 31.1. The number of rotatable bonds is 3. The van der Waals surface area contributed by atoms with Crippen LogP contribution in [0.3, 0.4) is 0 Å². The van der Waals surface area contributed by atoms with Gasteiger partial charge in [0.05, 0.1) is 0 Å². The quantitative estimate of drug-likeness (QED) is 0.373. The number of hydrogen-bond donors (Lipinski definition) is 0. The largest absolute Gasteiger partial charge is 0.0631 e. The monoisotopic (exact) mass is 494 g/mol. The Kier molecular flexibility index (Phi) is 7.47. The molecule has 4 rings (SSSR count). The molecule has 0 radical (unpaired) electrons. The molecule has 0 aliphatic carbocycles. The third-order valence-corrected chi connectivity index (χ3v) is 16.1. The van der Waals surface area contributed by atoms with Gasteiger partial charge in [-0.05, 0) is 68.0 Å². The van der Waals surface area contributed by atoms with Crippen LogP contribution in [0.25, 0.3) is 11.1 Å². The topological polar surface area (TPSA) is 0 Å². The van der Waals surface area contributed by atoms with E-state index in [-0.39, 0.29) is 15.8 Å². The second-order valence-electron chi connectivity index (χ2n) is 13.4. The molecule has 0 saturated carbocycles. The molecular weight excluding hydrogens is 446 g/mol. The second kappa shape index (κ2) is 9.64. The molecule has 0 nitrogen and oxygen atoms in total. The highest BCUT2D eigenvalue weighted by Gasteiger charge is 2.45. The van der Waals surface area contributed by atoms with Crippen LogP contribution in [0, 0.1) is 0 Å². The van der Waals surface area contributed by atoms with Gasteiger partial charge >= 0.3 is 0 Å². The smallest absolute Gasteiger partial charge is 0.0100 e. The van der Waals surface area contributed by atoms with Crippen LogP contribution < -0.4 is 10.6 Å². The highest BCUT2D eigenvalue weighted by Crippen LogP contribution is 2.66. The molecule has 34 heavy (non-hydrogen) atoms. The minimum Gasteiger partial charge on any atom is -0.0631 e. The van der Waals surface area contributed by atoms with E-state index in [0.29, 0.717) is 20.6 Å². The zero-order valence-electron chi connectivity index (χ0n) is 23.2. The fraction of sp³-hybridized carbons (Fsp3) is 0.625. The molecule has 0 aromatic heterocycles. The summed E-state index contributed by atoms with van der Waals surface area (Å²) in [5.41, 5.74) is 3.07. The van der Waals surface area contributed by atoms with E-state index in [0.717, 1.165) is 0 Å². The molecule has 0 amide bonds. The maximum atomic E-state index is 2.57. The molecule has 0 N–H and O–H groups in total. The fourth-order valence-electron chi connectivity index (χ4n) is 7.41. The molecule has 2 aromatic carbocycles. The van der Waals surface area contributed by atoms with Crippen molar-refractivity contribution in [1.29, 1.82) is 0 Å². The Morgan fingerprint density at radius 1 is 0.441 bits per heavy atom. The van der Waals surface area contributed by atoms with Crippen LogP contribution in [0.5, 0.6) is 0 Å². The van der Waals surface area contributed by atoms with Gasteiger partial charge < -0.3 is 0 Å².